The van der Waals surface area contributed by atoms with Crippen LogP contribution in [0.25, 0.3) is 0 Å². The Morgan fingerprint density at radius 3 is 1.93 bits per heavy atom. The third-order valence-corrected chi connectivity index (χ3v) is 2.63. The number of aryl methyl sites for hydroxylation is 1. The zero-order valence-corrected chi connectivity index (χ0v) is 9.03. The van der Waals surface area contributed by atoms with Gasteiger partial charge in [0.1, 0.15) is 0 Å². The molecule has 0 saturated carbocycles. The fraction of sp³-hybridized carbons (Fsp3) is 0.200. The molecule has 0 saturated heterocycles. The maximum Gasteiger partial charge on any atom is -0.00258 e. The van der Waals surface area contributed by atoms with Crippen molar-refractivity contribution in [2.24, 2.45) is 0 Å². The van der Waals surface area contributed by atoms with Crippen LogP contribution in [0.5, 0.6) is 0 Å². The molecule has 0 amide bonds. The van der Waals surface area contributed by atoms with Crippen LogP contribution < -0.4 is 0 Å². The summed E-state index contributed by atoms with van der Waals surface area (Å²) in [5, 5.41) is 0. The number of hydrogen-bond acceptors (Lipinski definition) is 0. The fourth-order valence-corrected chi connectivity index (χ4v) is 1.67. The lowest BCUT2D eigenvalue weighted by atomic mass is 10.0. The zero-order chi connectivity index (χ0) is 10.5. The molecule has 0 aliphatic heterocycles. The first-order valence-corrected chi connectivity index (χ1v) is 5.41. The van der Waals surface area contributed by atoms with E-state index in [9.17, 15) is 0 Å². The van der Waals surface area contributed by atoms with Crippen LogP contribution in [0.1, 0.15) is 23.6 Å². The van der Waals surface area contributed by atoms with E-state index in [0.717, 1.165) is 12.8 Å². The van der Waals surface area contributed by atoms with Crippen LogP contribution in [0, 0.1) is 6.07 Å². The lowest BCUT2D eigenvalue weighted by Gasteiger charge is -2.02. The van der Waals surface area contributed by atoms with E-state index in [-0.39, 0.29) is 0 Å². The van der Waals surface area contributed by atoms with Gasteiger partial charge in [-0.2, -0.15) is 0 Å². The molecule has 1 radical (unpaired) electrons. The highest BCUT2D eigenvalue weighted by atomic mass is 14.0. The summed E-state index contributed by atoms with van der Waals surface area (Å²) in [6, 6.07) is 20.1. The van der Waals surface area contributed by atoms with E-state index in [0.29, 0.717) is 0 Å². The second-order valence-corrected chi connectivity index (χ2v) is 3.76. The van der Waals surface area contributed by atoms with E-state index in [1.165, 1.54) is 16.7 Å². The zero-order valence-electron chi connectivity index (χ0n) is 9.03. The topological polar surface area (TPSA) is 0 Å². The third-order valence-electron chi connectivity index (χ3n) is 2.63. The summed E-state index contributed by atoms with van der Waals surface area (Å²) < 4.78 is 0. The Morgan fingerprint density at radius 2 is 1.33 bits per heavy atom. The van der Waals surface area contributed by atoms with E-state index >= 15 is 0 Å². The molecule has 0 aliphatic carbocycles. The molecule has 0 nitrogen and oxygen atoms in total. The van der Waals surface area contributed by atoms with E-state index in [2.05, 4.69) is 49.4 Å². The van der Waals surface area contributed by atoms with Crippen molar-refractivity contribution in [1.82, 2.24) is 0 Å². The van der Waals surface area contributed by atoms with Gasteiger partial charge in [0.2, 0.25) is 0 Å². The Labute approximate surface area is 91.6 Å². The van der Waals surface area contributed by atoms with Gasteiger partial charge in [0.05, 0.1) is 0 Å². The first-order valence-electron chi connectivity index (χ1n) is 5.41. The molecule has 0 spiro atoms. The SMILES string of the molecule is CCc1ccc(Cc2cc[c]cc2)cc1. The van der Waals surface area contributed by atoms with E-state index in [1.54, 1.807) is 0 Å². The second kappa shape index (κ2) is 4.79. The van der Waals surface area contributed by atoms with E-state index < -0.39 is 0 Å². The minimum absolute atomic E-state index is 1.01. The van der Waals surface area contributed by atoms with Gasteiger partial charge >= 0.3 is 0 Å². The Morgan fingerprint density at radius 1 is 0.800 bits per heavy atom. The van der Waals surface area contributed by atoms with Crippen molar-refractivity contribution in [3.05, 3.63) is 71.3 Å². The maximum atomic E-state index is 3.04. The van der Waals surface area contributed by atoms with Gasteiger partial charge < -0.3 is 0 Å². The lowest BCUT2D eigenvalue weighted by molar-refractivity contribution is 1.12. The summed E-state index contributed by atoms with van der Waals surface area (Å²) in [6.07, 6.45) is 2.12. The summed E-state index contributed by atoms with van der Waals surface area (Å²) in [7, 11) is 0. The van der Waals surface area contributed by atoms with Gasteiger partial charge in [-0.1, -0.05) is 55.5 Å². The molecule has 2 rings (SSSR count). The van der Waals surface area contributed by atoms with Gasteiger partial charge in [-0.25, -0.2) is 0 Å². The van der Waals surface area contributed by atoms with Crippen LogP contribution in [0.4, 0.5) is 0 Å². The normalized spacial score (nSPS) is 10.2. The average molecular weight is 195 g/mol. The standard InChI is InChI=1S/C15H15/c1-2-13-8-10-15(11-9-13)12-14-6-4-3-5-7-14/h4-11H,2,12H2,1H3. The molecule has 0 aliphatic rings. The number of hydrogen-bond donors (Lipinski definition) is 0. The van der Waals surface area contributed by atoms with Gasteiger partial charge in [0.25, 0.3) is 0 Å². The smallest absolute Gasteiger partial charge is 0.00258 e. The predicted molar refractivity (Wildman–Crippen MR) is 63.9 cm³/mol. The third kappa shape index (κ3) is 2.69. The van der Waals surface area contributed by atoms with Crippen molar-refractivity contribution in [2.75, 3.05) is 0 Å². The highest BCUT2D eigenvalue weighted by Crippen LogP contribution is 2.10. The average Bonchev–Trinajstić information content (AvgIpc) is 2.31. The van der Waals surface area contributed by atoms with Gasteiger partial charge in [0, 0.05) is 0 Å². The molecule has 0 N–H and O–H groups in total. The van der Waals surface area contributed by atoms with Crippen LogP contribution in [0.15, 0.2) is 48.5 Å². The number of benzene rings is 2. The monoisotopic (exact) mass is 195 g/mol. The molecular formula is C15H15. The fourth-order valence-electron chi connectivity index (χ4n) is 1.67. The predicted octanol–water partition coefficient (Wildman–Crippen LogP) is 3.64. The minimum atomic E-state index is 1.01. The molecule has 0 atom stereocenters. The molecule has 0 bridgehead atoms. The lowest BCUT2D eigenvalue weighted by Crippen LogP contribution is -1.88. The van der Waals surface area contributed by atoms with Crippen molar-refractivity contribution >= 4 is 0 Å². The van der Waals surface area contributed by atoms with E-state index in [4.69, 9.17) is 0 Å². The molecule has 0 fully saturated rings. The van der Waals surface area contributed by atoms with Crippen LogP contribution >= 0.6 is 0 Å². The Kier molecular flexibility index (Phi) is 3.18. The first kappa shape index (κ1) is 9.97. The van der Waals surface area contributed by atoms with Crippen LogP contribution in [-0.2, 0) is 12.8 Å². The minimum Gasteiger partial charge on any atom is -0.0613 e. The van der Waals surface area contributed by atoms with Crippen LogP contribution in [-0.4, -0.2) is 0 Å². The van der Waals surface area contributed by atoms with Crippen LogP contribution in [0.2, 0.25) is 0 Å². The highest BCUT2D eigenvalue weighted by Gasteiger charge is 1.95. The summed E-state index contributed by atoms with van der Waals surface area (Å²) in [5.74, 6) is 0. The molecule has 0 aromatic heterocycles. The summed E-state index contributed by atoms with van der Waals surface area (Å²) >= 11 is 0. The van der Waals surface area contributed by atoms with Gasteiger partial charge in [0.15, 0.2) is 0 Å². The van der Waals surface area contributed by atoms with Crippen molar-refractivity contribution in [2.45, 2.75) is 19.8 Å². The summed E-state index contributed by atoms with van der Waals surface area (Å²) in [6.45, 7) is 2.18. The highest BCUT2D eigenvalue weighted by molar-refractivity contribution is 5.28. The molecule has 2 aromatic rings. The molecular weight excluding hydrogens is 180 g/mol. The molecule has 0 heterocycles. The molecule has 15 heavy (non-hydrogen) atoms. The van der Waals surface area contributed by atoms with Crippen LogP contribution in [0.3, 0.4) is 0 Å². The van der Waals surface area contributed by atoms with Gasteiger partial charge in [-0.15, -0.1) is 0 Å². The summed E-state index contributed by atoms with van der Waals surface area (Å²) in [4.78, 5) is 0. The Bertz CT molecular complexity index is 398. The molecule has 2 aromatic carbocycles. The van der Waals surface area contributed by atoms with Gasteiger partial charge in [-0.3, -0.25) is 0 Å². The second-order valence-electron chi connectivity index (χ2n) is 3.76. The largest absolute Gasteiger partial charge is 0.0613 e. The molecule has 0 heteroatoms. The molecule has 75 valence electrons. The maximum absolute atomic E-state index is 3.04. The van der Waals surface area contributed by atoms with Crippen molar-refractivity contribution < 1.29 is 0 Å². The van der Waals surface area contributed by atoms with Crippen molar-refractivity contribution in [1.29, 1.82) is 0 Å². The van der Waals surface area contributed by atoms with Crippen molar-refractivity contribution in [3.8, 4) is 0 Å². The molecule has 0 unspecified atom stereocenters. The van der Waals surface area contributed by atoms with Crippen molar-refractivity contribution in [3.63, 3.8) is 0 Å². The number of rotatable bonds is 3. The Balaban J connectivity index is 2.11. The first-order chi connectivity index (χ1) is 7.38. The summed E-state index contributed by atoms with van der Waals surface area (Å²) in [5.41, 5.74) is 4.12. The van der Waals surface area contributed by atoms with E-state index in [1.807, 2.05) is 12.1 Å². The van der Waals surface area contributed by atoms with Gasteiger partial charge in [-0.05, 0) is 35.6 Å². The quantitative estimate of drug-likeness (QED) is 0.701. The Hall–Kier alpha value is -1.56.